The molecule has 116 valence electrons. The van der Waals surface area contributed by atoms with Gasteiger partial charge in [-0.15, -0.1) is 0 Å². The third-order valence-corrected chi connectivity index (χ3v) is 4.08. The van der Waals surface area contributed by atoms with Crippen LogP contribution in [-0.2, 0) is 16.0 Å². The number of carboxylic acid groups (broad SMARTS) is 1. The Labute approximate surface area is 129 Å². The van der Waals surface area contributed by atoms with Gasteiger partial charge < -0.3 is 10.4 Å². The van der Waals surface area contributed by atoms with Crippen LogP contribution in [-0.4, -0.2) is 23.0 Å². The largest absolute Gasteiger partial charge is 0.480 e. The summed E-state index contributed by atoms with van der Waals surface area (Å²) in [6.45, 7) is 0. The fourth-order valence-electron chi connectivity index (χ4n) is 2.93. The van der Waals surface area contributed by atoms with Crippen LogP contribution >= 0.6 is 0 Å². The summed E-state index contributed by atoms with van der Waals surface area (Å²) in [4.78, 5) is 23.4. The predicted octanol–water partition coefficient (Wildman–Crippen LogP) is 2.25. The van der Waals surface area contributed by atoms with Crippen LogP contribution in [0.25, 0.3) is 0 Å². The average molecular weight is 300 g/mol. The van der Waals surface area contributed by atoms with Gasteiger partial charge in [-0.1, -0.05) is 25.0 Å². The molecule has 1 aromatic carbocycles. The maximum absolute atomic E-state index is 12.0. The smallest absolute Gasteiger partial charge is 0.326 e. The van der Waals surface area contributed by atoms with Crippen molar-refractivity contribution in [1.29, 1.82) is 5.26 Å². The van der Waals surface area contributed by atoms with E-state index in [1.807, 2.05) is 6.07 Å². The molecule has 0 unspecified atom stereocenters. The number of benzene rings is 1. The van der Waals surface area contributed by atoms with E-state index >= 15 is 0 Å². The monoisotopic (exact) mass is 300 g/mol. The van der Waals surface area contributed by atoms with E-state index in [4.69, 9.17) is 5.26 Å². The minimum absolute atomic E-state index is 0.182. The highest BCUT2D eigenvalue weighted by molar-refractivity contribution is 5.83. The molecule has 0 heterocycles. The van der Waals surface area contributed by atoms with Gasteiger partial charge in [0.15, 0.2) is 0 Å². The maximum Gasteiger partial charge on any atom is 0.326 e. The number of nitrogens with zero attached hydrogens (tertiary/aromatic N) is 1. The van der Waals surface area contributed by atoms with Crippen molar-refractivity contribution in [3.8, 4) is 6.07 Å². The van der Waals surface area contributed by atoms with E-state index in [9.17, 15) is 14.7 Å². The van der Waals surface area contributed by atoms with Crippen LogP contribution in [0.5, 0.6) is 0 Å². The molecular formula is C17H20N2O3. The van der Waals surface area contributed by atoms with Crippen molar-refractivity contribution in [1.82, 2.24) is 5.32 Å². The van der Waals surface area contributed by atoms with Crippen LogP contribution < -0.4 is 5.32 Å². The van der Waals surface area contributed by atoms with Crippen molar-refractivity contribution in [2.24, 2.45) is 5.92 Å². The number of nitriles is 1. The Morgan fingerprint density at radius 3 is 2.73 bits per heavy atom. The van der Waals surface area contributed by atoms with Crippen molar-refractivity contribution >= 4 is 11.9 Å². The van der Waals surface area contributed by atoms with Crippen LogP contribution in [0.15, 0.2) is 24.3 Å². The molecule has 1 aromatic rings. The molecule has 2 N–H and O–H groups in total. The third kappa shape index (κ3) is 4.59. The van der Waals surface area contributed by atoms with Gasteiger partial charge in [0.2, 0.25) is 5.91 Å². The molecular weight excluding hydrogens is 280 g/mol. The predicted molar refractivity (Wildman–Crippen MR) is 81.0 cm³/mol. The zero-order chi connectivity index (χ0) is 15.9. The molecule has 0 radical (unpaired) electrons. The number of nitrogens with one attached hydrogen (secondary N) is 1. The summed E-state index contributed by atoms with van der Waals surface area (Å²) in [5.74, 6) is -0.866. The number of carbonyl (C=O) groups is 2. The molecule has 1 aliphatic rings. The van der Waals surface area contributed by atoms with E-state index < -0.39 is 12.0 Å². The number of carboxylic acids is 1. The number of rotatable bonds is 6. The molecule has 2 rings (SSSR count). The highest BCUT2D eigenvalue weighted by atomic mass is 16.4. The molecule has 5 nitrogen and oxygen atoms in total. The molecule has 0 bridgehead atoms. The Morgan fingerprint density at radius 2 is 2.09 bits per heavy atom. The standard InChI is InChI=1S/C17H20N2O3/c18-11-14-7-3-6-13(8-14)9-15(17(21)22)19-16(20)10-12-4-1-2-5-12/h3,6-8,12,15H,1-2,4-5,9-10H2,(H,19,20)(H,21,22)/t15-/m0/s1. The molecule has 1 saturated carbocycles. The molecule has 22 heavy (non-hydrogen) atoms. The quantitative estimate of drug-likeness (QED) is 0.843. The van der Waals surface area contributed by atoms with E-state index in [0.29, 0.717) is 17.9 Å². The van der Waals surface area contributed by atoms with Gasteiger partial charge >= 0.3 is 5.97 Å². The number of amides is 1. The summed E-state index contributed by atoms with van der Waals surface area (Å²) in [7, 11) is 0. The van der Waals surface area contributed by atoms with Crippen LogP contribution in [0.4, 0.5) is 0 Å². The summed E-state index contributed by atoms with van der Waals surface area (Å²) < 4.78 is 0. The first-order valence-electron chi connectivity index (χ1n) is 7.59. The highest BCUT2D eigenvalue weighted by Crippen LogP contribution is 2.27. The lowest BCUT2D eigenvalue weighted by molar-refractivity contribution is -0.141. The Morgan fingerprint density at radius 1 is 1.36 bits per heavy atom. The fraction of sp³-hybridized carbons (Fsp3) is 0.471. The molecule has 1 atom stereocenters. The normalized spacial score (nSPS) is 16.0. The van der Waals surface area contributed by atoms with Gasteiger partial charge in [0.05, 0.1) is 11.6 Å². The number of hydrogen-bond acceptors (Lipinski definition) is 3. The summed E-state index contributed by atoms with van der Waals surface area (Å²) in [6, 6.07) is 7.86. The second-order valence-electron chi connectivity index (χ2n) is 5.83. The Hall–Kier alpha value is -2.35. The van der Waals surface area contributed by atoms with Crippen LogP contribution in [0.2, 0.25) is 0 Å². The van der Waals surface area contributed by atoms with Gasteiger partial charge in [0.25, 0.3) is 0 Å². The minimum Gasteiger partial charge on any atom is -0.480 e. The molecule has 1 aliphatic carbocycles. The second kappa shape index (κ2) is 7.60. The van der Waals surface area contributed by atoms with Gasteiger partial charge in [-0.3, -0.25) is 4.79 Å². The van der Waals surface area contributed by atoms with Crippen LogP contribution in [0, 0.1) is 17.2 Å². The zero-order valence-electron chi connectivity index (χ0n) is 12.4. The molecule has 1 amide bonds. The third-order valence-electron chi connectivity index (χ3n) is 4.08. The average Bonchev–Trinajstić information content (AvgIpc) is 2.99. The first-order chi connectivity index (χ1) is 10.6. The molecule has 0 spiro atoms. The van der Waals surface area contributed by atoms with E-state index in [0.717, 1.165) is 31.2 Å². The highest BCUT2D eigenvalue weighted by Gasteiger charge is 2.23. The molecule has 1 fully saturated rings. The number of carbonyl (C=O) groups excluding carboxylic acids is 1. The van der Waals surface area contributed by atoms with Gasteiger partial charge in [-0.25, -0.2) is 4.79 Å². The molecule has 0 aliphatic heterocycles. The molecule has 0 aromatic heterocycles. The van der Waals surface area contributed by atoms with Gasteiger partial charge in [0.1, 0.15) is 6.04 Å². The number of hydrogen-bond donors (Lipinski definition) is 2. The topological polar surface area (TPSA) is 90.2 Å². The fourth-order valence-corrected chi connectivity index (χ4v) is 2.93. The first-order valence-corrected chi connectivity index (χ1v) is 7.59. The summed E-state index contributed by atoms with van der Waals surface area (Å²) in [6.07, 6.45) is 5.00. The SMILES string of the molecule is N#Cc1cccc(C[C@H](NC(=O)CC2CCCC2)C(=O)O)c1. The first kappa shape index (κ1) is 16.0. The van der Waals surface area contributed by atoms with Crippen molar-refractivity contribution in [3.05, 3.63) is 35.4 Å². The lowest BCUT2D eigenvalue weighted by Gasteiger charge is -2.16. The summed E-state index contributed by atoms with van der Waals surface area (Å²) >= 11 is 0. The second-order valence-corrected chi connectivity index (χ2v) is 5.83. The molecule has 0 saturated heterocycles. The summed E-state index contributed by atoms with van der Waals surface area (Å²) in [5.41, 5.74) is 1.21. The lowest BCUT2D eigenvalue weighted by Crippen LogP contribution is -2.42. The van der Waals surface area contributed by atoms with Gasteiger partial charge in [0, 0.05) is 12.8 Å². The van der Waals surface area contributed by atoms with E-state index in [2.05, 4.69) is 5.32 Å². The van der Waals surface area contributed by atoms with E-state index in [1.165, 1.54) is 0 Å². The van der Waals surface area contributed by atoms with Crippen molar-refractivity contribution in [2.75, 3.05) is 0 Å². The number of aliphatic carboxylic acids is 1. The van der Waals surface area contributed by atoms with E-state index in [-0.39, 0.29) is 12.3 Å². The minimum atomic E-state index is -1.05. The van der Waals surface area contributed by atoms with Gasteiger partial charge in [-0.2, -0.15) is 5.26 Å². The Balaban J connectivity index is 1.95. The van der Waals surface area contributed by atoms with Crippen molar-refractivity contribution < 1.29 is 14.7 Å². The van der Waals surface area contributed by atoms with Crippen LogP contribution in [0.1, 0.15) is 43.2 Å². The zero-order valence-corrected chi connectivity index (χ0v) is 12.4. The van der Waals surface area contributed by atoms with Crippen molar-refractivity contribution in [2.45, 2.75) is 44.6 Å². The van der Waals surface area contributed by atoms with Crippen LogP contribution in [0.3, 0.4) is 0 Å². The summed E-state index contributed by atoms with van der Waals surface area (Å²) in [5, 5.41) is 20.8. The van der Waals surface area contributed by atoms with Crippen molar-refractivity contribution in [3.63, 3.8) is 0 Å². The Bertz CT molecular complexity index is 586. The van der Waals surface area contributed by atoms with Gasteiger partial charge in [-0.05, 0) is 36.5 Å². The maximum atomic E-state index is 12.0. The Kier molecular flexibility index (Phi) is 5.54. The molecule has 5 heteroatoms. The lowest BCUT2D eigenvalue weighted by atomic mass is 10.0. The van der Waals surface area contributed by atoms with E-state index in [1.54, 1.807) is 24.3 Å².